The van der Waals surface area contributed by atoms with Crippen molar-refractivity contribution in [3.63, 3.8) is 0 Å². The minimum Gasteiger partial charge on any atom is -0.454 e. The van der Waals surface area contributed by atoms with Gasteiger partial charge in [0.05, 0.1) is 16.3 Å². The van der Waals surface area contributed by atoms with E-state index in [1.165, 1.54) is 36.5 Å². The molecule has 1 aliphatic rings. The molecule has 0 unspecified atom stereocenters. The van der Waals surface area contributed by atoms with Crippen molar-refractivity contribution < 1.29 is 32.3 Å². The van der Waals surface area contributed by atoms with Crippen molar-refractivity contribution in [2.45, 2.75) is 25.6 Å². The number of halogens is 4. The van der Waals surface area contributed by atoms with Crippen LogP contribution in [0.25, 0.3) is 0 Å². The van der Waals surface area contributed by atoms with E-state index >= 15 is 0 Å². The van der Waals surface area contributed by atoms with Gasteiger partial charge in [-0.3, -0.25) is 9.59 Å². The third kappa shape index (κ3) is 6.90. The van der Waals surface area contributed by atoms with Crippen LogP contribution in [0.4, 0.5) is 24.7 Å². The lowest BCUT2D eigenvalue weighted by Gasteiger charge is -2.22. The summed E-state index contributed by atoms with van der Waals surface area (Å²) < 4.78 is 41.5. The number of hydrogen-bond donors (Lipinski definition) is 3. The zero-order valence-corrected chi connectivity index (χ0v) is 17.9. The van der Waals surface area contributed by atoms with Crippen LogP contribution in [-0.4, -0.2) is 42.0 Å². The Kier molecular flexibility index (Phi) is 7.88. The Bertz CT molecular complexity index is 1030. The summed E-state index contributed by atoms with van der Waals surface area (Å²) >= 11 is 5.79. The number of anilines is 2. The number of nitrogens with one attached hydrogen (secondary N) is 3. The number of ether oxygens (including phenoxy) is 1. The third-order valence-electron chi connectivity index (χ3n) is 4.87. The van der Waals surface area contributed by atoms with Crippen LogP contribution in [0, 0.1) is 5.92 Å². The van der Waals surface area contributed by atoms with Crippen molar-refractivity contribution in [1.29, 1.82) is 0 Å². The Morgan fingerprint density at radius 3 is 2.48 bits per heavy atom. The number of nitrogens with zero attached hydrogens (tertiary/aromatic N) is 1. The topological polar surface area (TPSA) is 109 Å². The van der Waals surface area contributed by atoms with Gasteiger partial charge in [0.25, 0.3) is 5.91 Å². The van der Waals surface area contributed by atoms with Gasteiger partial charge < -0.3 is 20.7 Å². The maximum Gasteiger partial charge on any atom is 0.490 e. The van der Waals surface area contributed by atoms with Crippen LogP contribution in [0.3, 0.4) is 0 Å². The first kappa shape index (κ1) is 24.5. The van der Waals surface area contributed by atoms with Crippen LogP contribution in [0.15, 0.2) is 36.5 Å². The number of hydrogen-bond acceptors (Lipinski definition) is 6. The molecule has 3 N–H and O–H groups in total. The first-order chi connectivity index (χ1) is 15.6. The van der Waals surface area contributed by atoms with Gasteiger partial charge in [0.1, 0.15) is 12.4 Å². The van der Waals surface area contributed by atoms with E-state index in [0.717, 1.165) is 0 Å². The Morgan fingerprint density at radius 2 is 1.85 bits per heavy atom. The Morgan fingerprint density at radius 1 is 1.12 bits per heavy atom. The fourth-order valence-corrected chi connectivity index (χ4v) is 3.27. The first-order valence-corrected chi connectivity index (χ1v) is 10.3. The van der Waals surface area contributed by atoms with Gasteiger partial charge in [-0.1, -0.05) is 17.7 Å². The van der Waals surface area contributed by atoms with Gasteiger partial charge in [0, 0.05) is 12.1 Å². The van der Waals surface area contributed by atoms with Gasteiger partial charge in [0.15, 0.2) is 0 Å². The number of carbonyl (C=O) groups is 3. The normalized spacial score (nSPS) is 14.4. The van der Waals surface area contributed by atoms with E-state index in [1.807, 2.05) is 0 Å². The quantitative estimate of drug-likeness (QED) is 0.541. The summed E-state index contributed by atoms with van der Waals surface area (Å²) in [5.74, 6) is -3.36. The van der Waals surface area contributed by atoms with Crippen molar-refractivity contribution in [3.8, 4) is 0 Å². The van der Waals surface area contributed by atoms with Crippen molar-refractivity contribution in [2.75, 3.05) is 23.7 Å². The van der Waals surface area contributed by atoms with E-state index in [0.29, 0.717) is 31.0 Å². The largest absolute Gasteiger partial charge is 0.490 e. The average molecular weight is 485 g/mol. The molecule has 176 valence electrons. The van der Waals surface area contributed by atoms with E-state index in [1.54, 1.807) is 0 Å². The maximum atomic E-state index is 12.9. The van der Waals surface area contributed by atoms with E-state index in [4.69, 9.17) is 11.6 Å². The molecule has 33 heavy (non-hydrogen) atoms. The summed E-state index contributed by atoms with van der Waals surface area (Å²) in [6.45, 7) is 0.675. The van der Waals surface area contributed by atoms with Crippen molar-refractivity contribution in [3.05, 3.63) is 52.7 Å². The summed E-state index contributed by atoms with van der Waals surface area (Å²) in [7, 11) is 0. The molecule has 0 spiro atoms. The van der Waals surface area contributed by atoms with Gasteiger partial charge in [-0.05, 0) is 55.8 Å². The van der Waals surface area contributed by atoms with Crippen LogP contribution in [0.5, 0.6) is 0 Å². The minimum atomic E-state index is -5.14. The molecule has 2 amide bonds. The van der Waals surface area contributed by atoms with Crippen molar-refractivity contribution in [2.24, 2.45) is 5.92 Å². The van der Waals surface area contributed by atoms with E-state index < -0.39 is 24.7 Å². The summed E-state index contributed by atoms with van der Waals surface area (Å²) in [6.07, 6.45) is -2.55. The second kappa shape index (κ2) is 10.6. The van der Waals surface area contributed by atoms with Gasteiger partial charge in [-0.15, -0.1) is 0 Å². The molecule has 1 fully saturated rings. The maximum absolute atomic E-state index is 12.9. The molecule has 8 nitrogen and oxygen atoms in total. The summed E-state index contributed by atoms with van der Waals surface area (Å²) in [6, 6.07) is 6.95. The number of esters is 1. The number of amides is 2. The summed E-state index contributed by atoms with van der Waals surface area (Å²) in [4.78, 5) is 40.5. The monoisotopic (exact) mass is 484 g/mol. The molecule has 12 heteroatoms. The highest BCUT2D eigenvalue weighted by Crippen LogP contribution is 2.24. The second-order valence-corrected chi connectivity index (χ2v) is 7.72. The molecule has 0 bridgehead atoms. The molecule has 0 saturated carbocycles. The zero-order chi connectivity index (χ0) is 24.0. The van der Waals surface area contributed by atoms with E-state index in [2.05, 4.69) is 25.7 Å². The third-order valence-corrected chi connectivity index (χ3v) is 5.09. The van der Waals surface area contributed by atoms with Crippen LogP contribution < -0.4 is 16.0 Å². The van der Waals surface area contributed by atoms with Crippen LogP contribution in [0.1, 0.15) is 28.8 Å². The summed E-state index contributed by atoms with van der Waals surface area (Å²) in [5, 5.41) is 8.76. The molecule has 1 aliphatic heterocycles. The Balaban J connectivity index is 1.82. The highest BCUT2D eigenvalue weighted by atomic mass is 35.5. The fraction of sp³-hybridized carbons (Fsp3) is 0.333. The predicted octanol–water partition coefficient (Wildman–Crippen LogP) is 3.53. The zero-order valence-electron chi connectivity index (χ0n) is 17.2. The summed E-state index contributed by atoms with van der Waals surface area (Å²) in [5.41, 5.74) is 0.257. The molecule has 1 aromatic carbocycles. The fourth-order valence-electron chi connectivity index (χ4n) is 3.16. The van der Waals surface area contributed by atoms with Crippen molar-refractivity contribution >= 4 is 40.9 Å². The molecule has 1 aromatic heterocycles. The average Bonchev–Trinajstić information content (AvgIpc) is 2.79. The second-order valence-electron chi connectivity index (χ2n) is 7.28. The van der Waals surface area contributed by atoms with Gasteiger partial charge >= 0.3 is 12.1 Å². The SMILES string of the molecule is O=C(Nc1ccc(Cl)cn1)c1cc(COC(=O)C(F)(F)F)ccc1NC(=O)C1CCNCC1. The van der Waals surface area contributed by atoms with Gasteiger partial charge in [0.2, 0.25) is 5.91 Å². The van der Waals surface area contributed by atoms with Gasteiger partial charge in [-0.2, -0.15) is 13.2 Å². The van der Waals surface area contributed by atoms with E-state index in [9.17, 15) is 27.6 Å². The number of carbonyl (C=O) groups excluding carboxylic acids is 3. The Hall–Kier alpha value is -3.18. The van der Waals surface area contributed by atoms with Crippen LogP contribution in [0.2, 0.25) is 5.02 Å². The predicted molar refractivity (Wildman–Crippen MR) is 114 cm³/mol. The standard InChI is InChI=1S/C21H20ClF3N4O4/c22-14-2-4-17(27-10-14)29-19(31)15-9-12(11-33-20(32)21(23,24)25)1-3-16(15)28-18(30)13-5-7-26-8-6-13/h1-4,9-10,13,26H,5-8,11H2,(H,28,30)(H,27,29,31). The molecule has 2 aromatic rings. The number of piperidine rings is 1. The molecular weight excluding hydrogens is 465 g/mol. The molecule has 2 heterocycles. The highest BCUT2D eigenvalue weighted by molar-refractivity contribution is 6.30. The number of pyridine rings is 1. The number of benzene rings is 1. The lowest BCUT2D eigenvalue weighted by molar-refractivity contribution is -0.201. The lowest BCUT2D eigenvalue weighted by Crippen LogP contribution is -2.35. The number of alkyl halides is 3. The molecule has 0 radical (unpaired) electrons. The molecule has 0 aliphatic carbocycles. The lowest BCUT2D eigenvalue weighted by atomic mass is 9.97. The van der Waals surface area contributed by atoms with E-state index in [-0.39, 0.29) is 34.5 Å². The van der Waals surface area contributed by atoms with Crippen LogP contribution >= 0.6 is 11.6 Å². The van der Waals surface area contributed by atoms with Crippen molar-refractivity contribution in [1.82, 2.24) is 10.3 Å². The molecule has 0 atom stereocenters. The molecule has 3 rings (SSSR count). The first-order valence-electron chi connectivity index (χ1n) is 9.95. The van der Waals surface area contributed by atoms with Crippen LogP contribution in [-0.2, 0) is 20.9 Å². The number of rotatable bonds is 6. The minimum absolute atomic E-state index is 0.0328. The Labute approximate surface area is 191 Å². The highest BCUT2D eigenvalue weighted by Gasteiger charge is 2.40. The molecule has 1 saturated heterocycles. The smallest absolute Gasteiger partial charge is 0.454 e. The van der Waals surface area contributed by atoms with Gasteiger partial charge in [-0.25, -0.2) is 9.78 Å². The molecular formula is C21H20ClF3N4O4. The number of aromatic nitrogens is 1.